The number of ketones is 1. The zero-order chi connectivity index (χ0) is 11.0. The molecule has 1 atom stereocenters. The number of hydrogen-bond acceptors (Lipinski definition) is 1. The van der Waals surface area contributed by atoms with Crippen molar-refractivity contribution < 1.29 is 4.79 Å². The van der Waals surface area contributed by atoms with Crippen LogP contribution in [0.1, 0.15) is 42.3 Å². The highest BCUT2D eigenvalue weighted by atomic mass is 16.1. The van der Waals surface area contributed by atoms with Gasteiger partial charge in [-0.15, -0.1) is 0 Å². The van der Waals surface area contributed by atoms with E-state index in [0.717, 1.165) is 18.4 Å². The zero-order valence-corrected chi connectivity index (χ0v) is 9.71. The molecule has 15 heavy (non-hydrogen) atoms. The predicted molar refractivity (Wildman–Crippen MR) is 62.2 cm³/mol. The Kier molecular flexibility index (Phi) is 2.64. The van der Waals surface area contributed by atoms with Gasteiger partial charge in [0.2, 0.25) is 0 Å². The van der Waals surface area contributed by atoms with Crippen LogP contribution in [0, 0.1) is 11.8 Å². The molecule has 1 nitrogen and oxygen atoms in total. The molecule has 0 aliphatic heterocycles. The van der Waals surface area contributed by atoms with Crippen molar-refractivity contribution in [1.82, 2.24) is 0 Å². The molecule has 0 saturated heterocycles. The Morgan fingerprint density at radius 2 is 2.13 bits per heavy atom. The van der Waals surface area contributed by atoms with E-state index < -0.39 is 0 Å². The predicted octanol–water partition coefficient (Wildman–Crippen LogP) is 3.26. The van der Waals surface area contributed by atoms with Crippen LogP contribution in [0.15, 0.2) is 18.2 Å². The van der Waals surface area contributed by atoms with Gasteiger partial charge in [0, 0.05) is 11.5 Å². The van der Waals surface area contributed by atoms with E-state index >= 15 is 0 Å². The van der Waals surface area contributed by atoms with Crippen LogP contribution in [0.4, 0.5) is 0 Å². The third kappa shape index (κ3) is 1.97. The molecule has 1 heteroatoms. The average molecular weight is 202 g/mol. The molecule has 1 aliphatic rings. The van der Waals surface area contributed by atoms with E-state index in [4.69, 9.17) is 0 Å². The fourth-order valence-corrected chi connectivity index (χ4v) is 2.32. The van der Waals surface area contributed by atoms with E-state index in [-0.39, 0.29) is 5.92 Å². The lowest BCUT2D eigenvalue weighted by molar-refractivity contribution is 0.0946. The van der Waals surface area contributed by atoms with Crippen LogP contribution in [0.25, 0.3) is 0 Å². The minimum Gasteiger partial charge on any atom is -0.294 e. The molecule has 0 aromatic heterocycles. The molecule has 0 heterocycles. The Morgan fingerprint density at radius 3 is 2.80 bits per heavy atom. The van der Waals surface area contributed by atoms with Gasteiger partial charge in [-0.3, -0.25) is 4.79 Å². The topological polar surface area (TPSA) is 17.1 Å². The number of fused-ring (bicyclic) bond motifs is 1. The Hall–Kier alpha value is -1.11. The second-order valence-corrected chi connectivity index (χ2v) is 5.06. The summed E-state index contributed by atoms with van der Waals surface area (Å²) in [5.41, 5.74) is 3.51. The van der Waals surface area contributed by atoms with Gasteiger partial charge in [-0.1, -0.05) is 32.9 Å². The fraction of sp³-hybridized carbons (Fsp3) is 0.500. The van der Waals surface area contributed by atoms with Crippen molar-refractivity contribution >= 4 is 5.78 Å². The van der Waals surface area contributed by atoms with E-state index in [1.165, 1.54) is 11.1 Å². The molecule has 0 spiro atoms. The molecule has 0 N–H and O–H groups in total. The Labute approximate surface area is 91.5 Å². The summed E-state index contributed by atoms with van der Waals surface area (Å²) < 4.78 is 0. The maximum absolute atomic E-state index is 11.8. The van der Waals surface area contributed by atoms with Gasteiger partial charge in [-0.05, 0) is 36.0 Å². The second-order valence-electron chi connectivity index (χ2n) is 5.06. The minimum atomic E-state index is 0.189. The van der Waals surface area contributed by atoms with Crippen LogP contribution in [0.5, 0.6) is 0 Å². The van der Waals surface area contributed by atoms with Crippen LogP contribution in [-0.4, -0.2) is 5.78 Å². The average Bonchev–Trinajstić information content (AvgIpc) is 2.43. The summed E-state index contributed by atoms with van der Waals surface area (Å²) in [6.07, 6.45) is 1.99. The first-order chi connectivity index (χ1) is 7.08. The molecule has 0 fully saturated rings. The van der Waals surface area contributed by atoms with Crippen LogP contribution in [0.3, 0.4) is 0 Å². The summed E-state index contributed by atoms with van der Waals surface area (Å²) in [5, 5.41) is 0. The first-order valence-electron chi connectivity index (χ1n) is 5.74. The Morgan fingerprint density at radius 1 is 1.40 bits per heavy atom. The number of benzene rings is 1. The third-order valence-corrected chi connectivity index (χ3v) is 3.06. The standard InChI is InChI=1S/C14H18O/c1-9(2)6-11-4-5-12-7-10(3)14(15)13(12)8-11/h4-5,8-10H,6-7H2,1-3H3/t10-/m1/s1. The summed E-state index contributed by atoms with van der Waals surface area (Å²) in [6, 6.07) is 6.40. The number of hydrogen-bond donors (Lipinski definition) is 0. The third-order valence-electron chi connectivity index (χ3n) is 3.06. The molecular weight excluding hydrogens is 184 g/mol. The molecule has 0 radical (unpaired) electrons. The summed E-state index contributed by atoms with van der Waals surface area (Å²) in [6.45, 7) is 6.43. The molecular formula is C14H18O. The van der Waals surface area contributed by atoms with E-state index in [1.54, 1.807) is 0 Å². The molecule has 0 unspecified atom stereocenters. The van der Waals surface area contributed by atoms with Gasteiger partial charge in [-0.2, -0.15) is 0 Å². The smallest absolute Gasteiger partial charge is 0.166 e. The van der Waals surface area contributed by atoms with Gasteiger partial charge in [0.1, 0.15) is 0 Å². The summed E-state index contributed by atoms with van der Waals surface area (Å²) in [7, 11) is 0. The zero-order valence-electron chi connectivity index (χ0n) is 9.71. The lowest BCUT2D eigenvalue weighted by atomic mass is 9.99. The molecule has 1 aliphatic carbocycles. The highest BCUT2D eigenvalue weighted by molar-refractivity contribution is 6.02. The fourth-order valence-electron chi connectivity index (χ4n) is 2.32. The molecule has 0 bridgehead atoms. The number of carbonyl (C=O) groups excluding carboxylic acids is 1. The maximum atomic E-state index is 11.8. The van der Waals surface area contributed by atoms with Crippen molar-refractivity contribution in [3.8, 4) is 0 Å². The minimum absolute atomic E-state index is 0.189. The van der Waals surface area contributed by atoms with Crippen LogP contribution in [0.2, 0.25) is 0 Å². The Bertz CT molecular complexity index is 390. The van der Waals surface area contributed by atoms with Crippen molar-refractivity contribution in [2.24, 2.45) is 11.8 Å². The van der Waals surface area contributed by atoms with Crippen LogP contribution >= 0.6 is 0 Å². The second kappa shape index (κ2) is 3.80. The normalized spacial score (nSPS) is 19.7. The van der Waals surface area contributed by atoms with E-state index in [1.807, 2.05) is 6.92 Å². The SMILES string of the molecule is CC(C)Cc1ccc2c(c1)C(=O)[C@H](C)C2. The van der Waals surface area contributed by atoms with Crippen molar-refractivity contribution in [2.75, 3.05) is 0 Å². The van der Waals surface area contributed by atoms with Crippen molar-refractivity contribution in [1.29, 1.82) is 0 Å². The lowest BCUT2D eigenvalue weighted by Crippen LogP contribution is -2.03. The molecule has 1 aromatic carbocycles. The van der Waals surface area contributed by atoms with Gasteiger partial charge in [-0.25, -0.2) is 0 Å². The van der Waals surface area contributed by atoms with Gasteiger partial charge >= 0.3 is 0 Å². The van der Waals surface area contributed by atoms with Gasteiger partial charge < -0.3 is 0 Å². The highest BCUT2D eigenvalue weighted by Crippen LogP contribution is 2.27. The number of Topliss-reactive ketones (excluding diaryl/α,β-unsaturated/α-hetero) is 1. The summed E-state index contributed by atoms with van der Waals surface area (Å²) in [4.78, 5) is 11.8. The van der Waals surface area contributed by atoms with Gasteiger partial charge in [0.05, 0.1) is 0 Å². The van der Waals surface area contributed by atoms with Crippen molar-refractivity contribution in [3.63, 3.8) is 0 Å². The van der Waals surface area contributed by atoms with E-state index in [0.29, 0.717) is 11.7 Å². The maximum Gasteiger partial charge on any atom is 0.166 e. The van der Waals surface area contributed by atoms with Crippen molar-refractivity contribution in [2.45, 2.75) is 33.6 Å². The van der Waals surface area contributed by atoms with Crippen LogP contribution < -0.4 is 0 Å². The van der Waals surface area contributed by atoms with Crippen LogP contribution in [-0.2, 0) is 12.8 Å². The largest absolute Gasteiger partial charge is 0.294 e. The highest BCUT2D eigenvalue weighted by Gasteiger charge is 2.26. The Balaban J connectivity index is 2.31. The first kappa shape index (κ1) is 10.4. The lowest BCUT2D eigenvalue weighted by Gasteiger charge is -2.06. The number of carbonyl (C=O) groups is 1. The van der Waals surface area contributed by atoms with E-state index in [2.05, 4.69) is 32.0 Å². The monoisotopic (exact) mass is 202 g/mol. The summed E-state index contributed by atoms with van der Waals surface area (Å²) >= 11 is 0. The summed E-state index contributed by atoms with van der Waals surface area (Å²) in [5.74, 6) is 1.17. The first-order valence-corrected chi connectivity index (χ1v) is 5.74. The van der Waals surface area contributed by atoms with Crippen molar-refractivity contribution in [3.05, 3.63) is 34.9 Å². The van der Waals surface area contributed by atoms with Gasteiger partial charge in [0.25, 0.3) is 0 Å². The van der Waals surface area contributed by atoms with E-state index in [9.17, 15) is 4.79 Å². The molecule has 2 rings (SSSR count). The molecule has 1 aromatic rings. The molecule has 0 saturated carbocycles. The molecule has 0 amide bonds. The van der Waals surface area contributed by atoms with Gasteiger partial charge in [0.15, 0.2) is 5.78 Å². The number of rotatable bonds is 2. The molecule has 80 valence electrons. The quantitative estimate of drug-likeness (QED) is 0.719.